The molecule has 0 spiro atoms. The van der Waals surface area contributed by atoms with Crippen LogP contribution < -0.4 is 20.9 Å². The van der Waals surface area contributed by atoms with Gasteiger partial charge in [0.2, 0.25) is 0 Å². The zero-order valence-electron chi connectivity index (χ0n) is 14.0. The summed E-state index contributed by atoms with van der Waals surface area (Å²) in [6.07, 6.45) is 0. The highest BCUT2D eigenvalue weighted by molar-refractivity contribution is 5.94. The van der Waals surface area contributed by atoms with E-state index >= 15 is 0 Å². The zero-order valence-corrected chi connectivity index (χ0v) is 14.0. The quantitative estimate of drug-likeness (QED) is 0.751. The minimum Gasteiger partial charge on any atom is -0.366 e. The third kappa shape index (κ3) is 4.22. The third-order valence-corrected chi connectivity index (χ3v) is 4.53. The number of hydrogen-bond acceptors (Lipinski definition) is 4. The number of anilines is 1. The average molecular weight is 312 g/mol. The topological polar surface area (TPSA) is 39.3 Å². The molecule has 2 aromatic rings. The van der Waals surface area contributed by atoms with Crippen LogP contribution in [0.2, 0.25) is 0 Å². The van der Waals surface area contributed by atoms with E-state index < -0.39 is 0 Å². The summed E-state index contributed by atoms with van der Waals surface area (Å²) >= 11 is 0. The molecule has 1 atom stereocenters. The second-order valence-corrected chi connectivity index (χ2v) is 6.24. The Morgan fingerprint density at radius 2 is 1.52 bits per heavy atom. The second kappa shape index (κ2) is 8.29. The van der Waals surface area contributed by atoms with E-state index in [1.54, 1.807) is 0 Å². The Kier molecular flexibility index (Phi) is 5.86. The molecule has 4 heteroatoms. The Labute approximate surface area is 139 Å². The molecule has 1 aliphatic heterocycles. The fourth-order valence-electron chi connectivity index (χ4n) is 3.26. The summed E-state index contributed by atoms with van der Waals surface area (Å²) in [5.41, 5.74) is 1.34. The standard InChI is InChI=1S/C19H28N4/c1-16-15-22-12-11-20-9-10-21-13-14-23(16)19-8-4-6-17-5-2-3-7-18(17)19/h2-8,16,20-22H,9-15H2,1H3. The molecule has 0 aromatic heterocycles. The van der Waals surface area contributed by atoms with Crippen LogP contribution in [0.5, 0.6) is 0 Å². The normalized spacial score (nSPS) is 21.6. The number of rotatable bonds is 1. The summed E-state index contributed by atoms with van der Waals surface area (Å²) < 4.78 is 0. The molecule has 1 unspecified atom stereocenters. The first-order valence-corrected chi connectivity index (χ1v) is 8.73. The molecule has 0 amide bonds. The smallest absolute Gasteiger partial charge is 0.0449 e. The summed E-state index contributed by atoms with van der Waals surface area (Å²) in [5.74, 6) is 0. The molecule has 0 aliphatic carbocycles. The van der Waals surface area contributed by atoms with Crippen molar-refractivity contribution in [1.82, 2.24) is 16.0 Å². The van der Waals surface area contributed by atoms with Gasteiger partial charge in [-0.3, -0.25) is 0 Å². The van der Waals surface area contributed by atoms with Crippen molar-refractivity contribution in [3.05, 3.63) is 42.5 Å². The molecular formula is C19H28N4. The van der Waals surface area contributed by atoms with Gasteiger partial charge in [0.15, 0.2) is 0 Å². The monoisotopic (exact) mass is 312 g/mol. The van der Waals surface area contributed by atoms with Crippen molar-refractivity contribution in [2.24, 2.45) is 0 Å². The van der Waals surface area contributed by atoms with E-state index in [1.807, 2.05) is 0 Å². The first-order valence-electron chi connectivity index (χ1n) is 8.73. The van der Waals surface area contributed by atoms with Gasteiger partial charge in [-0.25, -0.2) is 0 Å². The van der Waals surface area contributed by atoms with Crippen LogP contribution in [0, 0.1) is 0 Å². The maximum Gasteiger partial charge on any atom is 0.0449 e. The van der Waals surface area contributed by atoms with Gasteiger partial charge in [0.1, 0.15) is 0 Å². The SMILES string of the molecule is CC1CNCCNCCNCCN1c1cccc2ccccc12. The number of fused-ring (bicyclic) bond motifs is 1. The lowest BCUT2D eigenvalue weighted by atomic mass is 10.1. The van der Waals surface area contributed by atoms with Crippen LogP contribution in [0.3, 0.4) is 0 Å². The van der Waals surface area contributed by atoms with Crippen molar-refractivity contribution in [3.8, 4) is 0 Å². The number of nitrogens with zero attached hydrogens (tertiary/aromatic N) is 1. The highest BCUT2D eigenvalue weighted by atomic mass is 15.2. The minimum atomic E-state index is 0.460. The number of hydrogen-bond donors (Lipinski definition) is 3. The molecule has 3 rings (SSSR count). The molecule has 0 saturated carbocycles. The highest BCUT2D eigenvalue weighted by Crippen LogP contribution is 2.27. The van der Waals surface area contributed by atoms with E-state index in [0.29, 0.717) is 6.04 Å². The van der Waals surface area contributed by atoms with Crippen molar-refractivity contribution in [2.75, 3.05) is 50.7 Å². The van der Waals surface area contributed by atoms with Crippen LogP contribution in [0.25, 0.3) is 10.8 Å². The van der Waals surface area contributed by atoms with Crippen LogP contribution in [0.1, 0.15) is 6.92 Å². The van der Waals surface area contributed by atoms with Gasteiger partial charge in [0.05, 0.1) is 0 Å². The Morgan fingerprint density at radius 1 is 0.826 bits per heavy atom. The zero-order chi connectivity index (χ0) is 15.9. The lowest BCUT2D eigenvalue weighted by Crippen LogP contribution is -2.46. The molecule has 1 fully saturated rings. The summed E-state index contributed by atoms with van der Waals surface area (Å²) in [7, 11) is 0. The molecule has 4 nitrogen and oxygen atoms in total. The molecule has 2 aromatic carbocycles. The van der Waals surface area contributed by atoms with E-state index in [9.17, 15) is 0 Å². The Balaban J connectivity index is 1.85. The van der Waals surface area contributed by atoms with Gasteiger partial charge in [0, 0.05) is 62.9 Å². The molecule has 3 N–H and O–H groups in total. The fourth-order valence-corrected chi connectivity index (χ4v) is 3.26. The van der Waals surface area contributed by atoms with E-state index in [0.717, 1.165) is 45.8 Å². The van der Waals surface area contributed by atoms with E-state index in [4.69, 9.17) is 0 Å². The van der Waals surface area contributed by atoms with E-state index in [1.165, 1.54) is 16.5 Å². The largest absolute Gasteiger partial charge is 0.366 e. The minimum absolute atomic E-state index is 0.460. The molecule has 124 valence electrons. The predicted octanol–water partition coefficient (Wildman–Crippen LogP) is 1.82. The average Bonchev–Trinajstić information content (AvgIpc) is 2.58. The van der Waals surface area contributed by atoms with Crippen molar-refractivity contribution >= 4 is 16.5 Å². The van der Waals surface area contributed by atoms with Crippen molar-refractivity contribution in [1.29, 1.82) is 0 Å². The van der Waals surface area contributed by atoms with Gasteiger partial charge in [-0.2, -0.15) is 0 Å². The van der Waals surface area contributed by atoms with Gasteiger partial charge in [-0.1, -0.05) is 36.4 Å². The van der Waals surface area contributed by atoms with E-state index in [2.05, 4.69) is 70.2 Å². The van der Waals surface area contributed by atoms with Crippen LogP contribution in [0.15, 0.2) is 42.5 Å². The number of nitrogens with one attached hydrogen (secondary N) is 3. The maximum atomic E-state index is 3.58. The van der Waals surface area contributed by atoms with Crippen LogP contribution in [0.4, 0.5) is 5.69 Å². The van der Waals surface area contributed by atoms with Crippen LogP contribution in [-0.2, 0) is 0 Å². The molecule has 1 saturated heterocycles. The van der Waals surface area contributed by atoms with Gasteiger partial charge in [0.25, 0.3) is 0 Å². The Hall–Kier alpha value is -1.62. The summed E-state index contributed by atoms with van der Waals surface area (Å²) in [5, 5.41) is 13.2. The summed E-state index contributed by atoms with van der Waals surface area (Å²) in [6.45, 7) is 9.46. The molecule has 1 aliphatic rings. The summed E-state index contributed by atoms with van der Waals surface area (Å²) in [6, 6.07) is 15.8. The maximum absolute atomic E-state index is 3.58. The Bertz CT molecular complexity index is 608. The predicted molar refractivity (Wildman–Crippen MR) is 99.4 cm³/mol. The molecular weight excluding hydrogens is 284 g/mol. The van der Waals surface area contributed by atoms with Crippen LogP contribution >= 0.6 is 0 Å². The molecule has 23 heavy (non-hydrogen) atoms. The molecule has 0 bridgehead atoms. The fraction of sp³-hybridized carbons (Fsp3) is 0.474. The highest BCUT2D eigenvalue weighted by Gasteiger charge is 2.16. The van der Waals surface area contributed by atoms with Gasteiger partial charge < -0.3 is 20.9 Å². The lowest BCUT2D eigenvalue weighted by molar-refractivity contribution is 0.514. The third-order valence-electron chi connectivity index (χ3n) is 4.53. The van der Waals surface area contributed by atoms with E-state index in [-0.39, 0.29) is 0 Å². The van der Waals surface area contributed by atoms with Crippen molar-refractivity contribution in [3.63, 3.8) is 0 Å². The van der Waals surface area contributed by atoms with Crippen molar-refractivity contribution in [2.45, 2.75) is 13.0 Å². The second-order valence-electron chi connectivity index (χ2n) is 6.24. The Morgan fingerprint density at radius 3 is 2.39 bits per heavy atom. The van der Waals surface area contributed by atoms with Gasteiger partial charge >= 0.3 is 0 Å². The first kappa shape index (κ1) is 16.2. The van der Waals surface area contributed by atoms with Gasteiger partial charge in [-0.05, 0) is 18.4 Å². The lowest BCUT2D eigenvalue weighted by Gasteiger charge is -2.33. The number of benzene rings is 2. The van der Waals surface area contributed by atoms with Crippen LogP contribution in [-0.4, -0.2) is 51.9 Å². The molecule has 0 radical (unpaired) electrons. The van der Waals surface area contributed by atoms with Crippen molar-refractivity contribution < 1.29 is 0 Å². The first-order chi connectivity index (χ1) is 11.4. The summed E-state index contributed by atoms with van der Waals surface area (Å²) in [4.78, 5) is 2.54. The van der Waals surface area contributed by atoms with Gasteiger partial charge in [-0.15, -0.1) is 0 Å². The molecule has 1 heterocycles.